The summed E-state index contributed by atoms with van der Waals surface area (Å²) in [5.41, 5.74) is 4.80. The number of nitrogens with zero attached hydrogens (tertiary/aromatic N) is 1. The van der Waals surface area contributed by atoms with Gasteiger partial charge in [-0.25, -0.2) is 0 Å². The van der Waals surface area contributed by atoms with Crippen molar-refractivity contribution >= 4 is 17.3 Å². The van der Waals surface area contributed by atoms with Gasteiger partial charge in [-0.2, -0.15) is 0 Å². The van der Waals surface area contributed by atoms with Crippen molar-refractivity contribution in [3.8, 4) is 11.5 Å². The lowest BCUT2D eigenvalue weighted by molar-refractivity contribution is 0.0967. The molecule has 30 heavy (non-hydrogen) atoms. The number of hydrogen-bond donors (Lipinski definition) is 1. The van der Waals surface area contributed by atoms with E-state index >= 15 is 0 Å². The van der Waals surface area contributed by atoms with Crippen LogP contribution < -0.4 is 19.7 Å². The first-order valence-corrected chi connectivity index (χ1v) is 10.2. The minimum atomic E-state index is -0.166. The first-order valence-electron chi connectivity index (χ1n) is 10.2. The highest BCUT2D eigenvalue weighted by Gasteiger charge is 2.36. The average molecular weight is 400 g/mol. The number of carbonyl (C=O) groups is 1. The Bertz CT molecular complexity index is 1090. The highest BCUT2D eigenvalue weighted by atomic mass is 16.7. The van der Waals surface area contributed by atoms with E-state index in [2.05, 4.69) is 25.2 Å². The molecule has 0 bridgehead atoms. The van der Waals surface area contributed by atoms with Crippen LogP contribution in [-0.4, -0.2) is 18.9 Å². The lowest BCUT2D eigenvalue weighted by Gasteiger charge is -2.41. The van der Waals surface area contributed by atoms with Gasteiger partial charge in [-0.1, -0.05) is 42.8 Å². The molecule has 152 valence electrons. The summed E-state index contributed by atoms with van der Waals surface area (Å²) in [6.07, 6.45) is 0.632. The van der Waals surface area contributed by atoms with Crippen LogP contribution >= 0.6 is 0 Å². The molecule has 2 aliphatic rings. The molecule has 3 aromatic rings. The van der Waals surface area contributed by atoms with Crippen molar-refractivity contribution in [2.24, 2.45) is 5.92 Å². The molecule has 0 spiro atoms. The molecule has 1 amide bonds. The second kappa shape index (κ2) is 7.41. The first-order chi connectivity index (χ1) is 14.6. The number of para-hydroxylation sites is 1. The Morgan fingerprint density at radius 1 is 1.03 bits per heavy atom. The Morgan fingerprint density at radius 3 is 2.63 bits per heavy atom. The Kier molecular flexibility index (Phi) is 4.58. The minimum Gasteiger partial charge on any atom is -0.454 e. The van der Waals surface area contributed by atoms with Crippen molar-refractivity contribution in [2.45, 2.75) is 26.4 Å². The molecule has 0 radical (unpaired) electrons. The number of benzene rings is 3. The van der Waals surface area contributed by atoms with Crippen molar-refractivity contribution < 1.29 is 14.3 Å². The largest absolute Gasteiger partial charge is 0.454 e. The maximum absolute atomic E-state index is 13.5. The average Bonchev–Trinajstić information content (AvgIpc) is 3.22. The van der Waals surface area contributed by atoms with Crippen LogP contribution in [0.1, 0.15) is 28.4 Å². The Balaban J connectivity index is 1.48. The fourth-order valence-corrected chi connectivity index (χ4v) is 4.21. The molecule has 0 saturated heterocycles. The van der Waals surface area contributed by atoms with E-state index in [1.807, 2.05) is 65.6 Å². The standard InChI is InChI=1S/C25H24N2O3/c1-16-7-10-19(11-8-16)27-24(26-21-6-4-3-5-20(21)25(27)28)17(2)13-18-9-12-22-23(14-18)30-15-29-22/h3-12,14,17,24,26H,13,15H2,1-2H3/t17-,24+/m1/s1. The number of anilines is 2. The van der Waals surface area contributed by atoms with Gasteiger partial charge in [0.1, 0.15) is 6.17 Å². The predicted octanol–water partition coefficient (Wildman–Crippen LogP) is 5.00. The van der Waals surface area contributed by atoms with Gasteiger partial charge >= 0.3 is 0 Å². The molecule has 0 aliphatic carbocycles. The van der Waals surface area contributed by atoms with Crippen molar-refractivity contribution in [2.75, 3.05) is 17.0 Å². The number of carbonyl (C=O) groups excluding carboxylic acids is 1. The third-order valence-corrected chi connectivity index (χ3v) is 5.80. The third-order valence-electron chi connectivity index (χ3n) is 5.80. The van der Waals surface area contributed by atoms with Crippen LogP contribution in [-0.2, 0) is 6.42 Å². The Labute approximate surface area is 176 Å². The van der Waals surface area contributed by atoms with E-state index < -0.39 is 0 Å². The molecule has 3 aromatic carbocycles. The number of hydrogen-bond acceptors (Lipinski definition) is 4. The van der Waals surface area contributed by atoms with Gasteiger partial charge in [-0.15, -0.1) is 0 Å². The summed E-state index contributed by atoms with van der Waals surface area (Å²) in [5.74, 6) is 1.75. The summed E-state index contributed by atoms with van der Waals surface area (Å²) in [6.45, 7) is 4.49. The van der Waals surface area contributed by atoms with E-state index in [-0.39, 0.29) is 24.8 Å². The number of fused-ring (bicyclic) bond motifs is 2. The molecule has 2 aliphatic heterocycles. The van der Waals surface area contributed by atoms with E-state index in [1.54, 1.807) is 0 Å². The van der Waals surface area contributed by atoms with Crippen molar-refractivity contribution in [3.05, 3.63) is 83.4 Å². The summed E-state index contributed by atoms with van der Waals surface area (Å²) in [7, 11) is 0. The lowest BCUT2D eigenvalue weighted by atomic mass is 9.93. The van der Waals surface area contributed by atoms with Crippen molar-refractivity contribution in [3.63, 3.8) is 0 Å². The quantitative estimate of drug-likeness (QED) is 0.670. The second-order valence-electron chi connectivity index (χ2n) is 8.01. The molecule has 0 unspecified atom stereocenters. The van der Waals surface area contributed by atoms with Gasteiger partial charge in [0.15, 0.2) is 11.5 Å². The lowest BCUT2D eigenvalue weighted by Crippen LogP contribution is -2.52. The second-order valence-corrected chi connectivity index (χ2v) is 8.01. The van der Waals surface area contributed by atoms with Gasteiger partial charge in [0.25, 0.3) is 5.91 Å². The number of nitrogens with one attached hydrogen (secondary N) is 1. The maximum Gasteiger partial charge on any atom is 0.262 e. The third kappa shape index (κ3) is 3.26. The van der Waals surface area contributed by atoms with Gasteiger partial charge < -0.3 is 14.8 Å². The SMILES string of the molecule is Cc1ccc(N2C(=O)c3ccccc3N[C@@H]2[C@H](C)Cc2ccc3c(c2)OCO3)cc1. The van der Waals surface area contributed by atoms with Gasteiger partial charge in [0.2, 0.25) is 6.79 Å². The van der Waals surface area contributed by atoms with Gasteiger partial charge in [-0.05, 0) is 61.2 Å². The Hall–Kier alpha value is -3.47. The molecule has 0 fully saturated rings. The number of aryl methyl sites for hydroxylation is 1. The van der Waals surface area contributed by atoms with Crippen molar-refractivity contribution in [1.29, 1.82) is 0 Å². The molecule has 2 atom stereocenters. The molecule has 5 heteroatoms. The van der Waals surface area contributed by atoms with Crippen LogP contribution in [0.25, 0.3) is 0 Å². The fraction of sp³-hybridized carbons (Fsp3) is 0.240. The van der Waals surface area contributed by atoms with E-state index in [4.69, 9.17) is 9.47 Å². The molecule has 2 heterocycles. The van der Waals surface area contributed by atoms with Crippen LogP contribution in [0.2, 0.25) is 0 Å². The molecule has 5 rings (SSSR count). The normalized spacial score (nSPS) is 18.0. The zero-order chi connectivity index (χ0) is 20.7. The van der Waals surface area contributed by atoms with Crippen LogP contribution in [0, 0.1) is 12.8 Å². The number of ether oxygens (including phenoxy) is 2. The summed E-state index contributed by atoms with van der Waals surface area (Å²) >= 11 is 0. The fourth-order valence-electron chi connectivity index (χ4n) is 4.21. The zero-order valence-corrected chi connectivity index (χ0v) is 17.1. The molecular weight excluding hydrogens is 376 g/mol. The van der Waals surface area contributed by atoms with E-state index in [0.29, 0.717) is 5.56 Å². The molecular formula is C25H24N2O3. The minimum absolute atomic E-state index is 0.0238. The molecule has 5 nitrogen and oxygen atoms in total. The Morgan fingerprint density at radius 2 is 1.80 bits per heavy atom. The van der Waals surface area contributed by atoms with Crippen LogP contribution in [0.3, 0.4) is 0 Å². The number of amides is 1. The topological polar surface area (TPSA) is 50.8 Å². The summed E-state index contributed by atoms with van der Waals surface area (Å²) < 4.78 is 11.0. The van der Waals surface area contributed by atoms with E-state index in [0.717, 1.165) is 34.9 Å². The molecule has 1 N–H and O–H groups in total. The maximum atomic E-state index is 13.5. The molecule has 0 aromatic heterocycles. The molecule has 0 saturated carbocycles. The van der Waals surface area contributed by atoms with Crippen LogP contribution in [0.15, 0.2) is 66.7 Å². The summed E-state index contributed by atoms with van der Waals surface area (Å²) in [5, 5.41) is 3.61. The van der Waals surface area contributed by atoms with E-state index in [9.17, 15) is 4.79 Å². The van der Waals surface area contributed by atoms with Crippen LogP contribution in [0.4, 0.5) is 11.4 Å². The number of rotatable bonds is 4. The smallest absolute Gasteiger partial charge is 0.262 e. The van der Waals surface area contributed by atoms with E-state index in [1.165, 1.54) is 5.56 Å². The first kappa shape index (κ1) is 18.6. The zero-order valence-electron chi connectivity index (χ0n) is 17.1. The predicted molar refractivity (Wildman–Crippen MR) is 117 cm³/mol. The highest BCUT2D eigenvalue weighted by molar-refractivity contribution is 6.12. The van der Waals surface area contributed by atoms with Gasteiger partial charge in [-0.3, -0.25) is 9.69 Å². The van der Waals surface area contributed by atoms with Crippen molar-refractivity contribution in [1.82, 2.24) is 0 Å². The summed E-state index contributed by atoms with van der Waals surface area (Å²) in [4.78, 5) is 15.4. The monoisotopic (exact) mass is 400 g/mol. The van der Waals surface area contributed by atoms with Crippen LogP contribution in [0.5, 0.6) is 11.5 Å². The highest BCUT2D eigenvalue weighted by Crippen LogP contribution is 2.36. The van der Waals surface area contributed by atoms with Gasteiger partial charge in [0, 0.05) is 11.4 Å². The summed E-state index contributed by atoms with van der Waals surface area (Å²) in [6, 6.07) is 21.9. The van der Waals surface area contributed by atoms with Gasteiger partial charge in [0.05, 0.1) is 5.56 Å².